The molecule has 3 rings (SSSR count). The van der Waals surface area contributed by atoms with Crippen molar-refractivity contribution in [1.29, 1.82) is 0 Å². The lowest BCUT2D eigenvalue weighted by Gasteiger charge is -2.08. The number of nitrogens with zero attached hydrogens (tertiary/aromatic N) is 2. The largest absolute Gasteiger partial charge is 0.493 e. The lowest BCUT2D eigenvalue weighted by atomic mass is 10.2. The van der Waals surface area contributed by atoms with Crippen LogP contribution in [0.3, 0.4) is 0 Å². The van der Waals surface area contributed by atoms with Crippen LogP contribution in [0.4, 0.5) is 5.13 Å². The average Bonchev–Trinajstić information content (AvgIpc) is 3.24. The minimum atomic E-state index is -0.0709. The van der Waals surface area contributed by atoms with Crippen LogP contribution in [0.5, 0.6) is 5.75 Å². The Morgan fingerprint density at radius 2 is 2.29 bits per heavy atom. The van der Waals surface area contributed by atoms with Crippen LogP contribution in [0.1, 0.15) is 42.4 Å². The SMILES string of the molecule is Cc1ccccc1OCCCC(=O)Nc1nnc(C2CCCO2)s1. The molecule has 0 spiro atoms. The molecule has 1 aliphatic rings. The molecule has 2 heterocycles. The van der Waals surface area contributed by atoms with Crippen molar-refractivity contribution in [3.63, 3.8) is 0 Å². The molecule has 0 radical (unpaired) electrons. The highest BCUT2D eigenvalue weighted by atomic mass is 32.1. The van der Waals surface area contributed by atoms with Gasteiger partial charge in [-0.1, -0.05) is 29.5 Å². The number of carbonyl (C=O) groups excluding carboxylic acids is 1. The first-order valence-electron chi connectivity index (χ1n) is 8.15. The van der Waals surface area contributed by atoms with E-state index in [0.717, 1.165) is 35.8 Å². The van der Waals surface area contributed by atoms with Gasteiger partial charge in [0.1, 0.15) is 16.9 Å². The maximum atomic E-state index is 12.0. The molecule has 7 heteroatoms. The van der Waals surface area contributed by atoms with Crippen molar-refractivity contribution in [2.75, 3.05) is 18.5 Å². The van der Waals surface area contributed by atoms with Crippen molar-refractivity contribution in [3.05, 3.63) is 34.8 Å². The van der Waals surface area contributed by atoms with E-state index < -0.39 is 0 Å². The van der Waals surface area contributed by atoms with E-state index in [4.69, 9.17) is 9.47 Å². The number of hydrogen-bond donors (Lipinski definition) is 1. The van der Waals surface area contributed by atoms with E-state index in [1.807, 2.05) is 31.2 Å². The Morgan fingerprint density at radius 3 is 3.08 bits per heavy atom. The molecule has 0 bridgehead atoms. The normalized spacial score (nSPS) is 17.0. The lowest BCUT2D eigenvalue weighted by Crippen LogP contribution is -2.12. The Kier molecular flexibility index (Phi) is 5.77. The second-order valence-electron chi connectivity index (χ2n) is 5.71. The molecule has 1 amide bonds. The van der Waals surface area contributed by atoms with Crippen LogP contribution in [-0.4, -0.2) is 29.3 Å². The number of hydrogen-bond acceptors (Lipinski definition) is 6. The molecule has 1 fully saturated rings. The zero-order valence-electron chi connectivity index (χ0n) is 13.7. The zero-order valence-corrected chi connectivity index (χ0v) is 14.5. The van der Waals surface area contributed by atoms with Gasteiger partial charge in [-0.05, 0) is 37.8 Å². The molecule has 0 saturated carbocycles. The van der Waals surface area contributed by atoms with Crippen molar-refractivity contribution in [2.45, 2.75) is 38.7 Å². The predicted octanol–water partition coefficient (Wildman–Crippen LogP) is 3.50. The summed E-state index contributed by atoms with van der Waals surface area (Å²) in [6, 6.07) is 7.85. The van der Waals surface area contributed by atoms with Crippen LogP contribution < -0.4 is 10.1 Å². The second kappa shape index (κ2) is 8.21. The summed E-state index contributed by atoms with van der Waals surface area (Å²) in [6.07, 6.45) is 3.10. The van der Waals surface area contributed by atoms with Gasteiger partial charge in [-0.2, -0.15) is 0 Å². The summed E-state index contributed by atoms with van der Waals surface area (Å²) in [6.45, 7) is 3.28. The van der Waals surface area contributed by atoms with E-state index in [-0.39, 0.29) is 12.0 Å². The zero-order chi connectivity index (χ0) is 16.8. The minimum absolute atomic E-state index is 0.0377. The third-order valence-electron chi connectivity index (χ3n) is 3.79. The van der Waals surface area contributed by atoms with E-state index in [2.05, 4.69) is 15.5 Å². The van der Waals surface area contributed by atoms with Crippen LogP contribution in [0.15, 0.2) is 24.3 Å². The summed E-state index contributed by atoms with van der Waals surface area (Å²) >= 11 is 1.39. The molecule has 0 aliphatic carbocycles. The molecule has 1 aromatic carbocycles. The first kappa shape index (κ1) is 16.9. The molecule has 1 aromatic heterocycles. The van der Waals surface area contributed by atoms with Gasteiger partial charge in [-0.15, -0.1) is 10.2 Å². The Morgan fingerprint density at radius 1 is 1.42 bits per heavy atom. The van der Waals surface area contributed by atoms with Gasteiger partial charge < -0.3 is 14.8 Å². The van der Waals surface area contributed by atoms with Crippen molar-refractivity contribution < 1.29 is 14.3 Å². The molecular weight excluding hydrogens is 326 g/mol. The number of aromatic nitrogens is 2. The number of amides is 1. The predicted molar refractivity (Wildman–Crippen MR) is 92.4 cm³/mol. The summed E-state index contributed by atoms with van der Waals surface area (Å²) in [5, 5.41) is 12.3. The van der Waals surface area contributed by atoms with E-state index in [0.29, 0.717) is 24.6 Å². The molecule has 128 valence electrons. The number of ether oxygens (including phenoxy) is 2. The fraction of sp³-hybridized carbons (Fsp3) is 0.471. The van der Waals surface area contributed by atoms with Crippen molar-refractivity contribution >= 4 is 22.4 Å². The fourth-order valence-electron chi connectivity index (χ4n) is 2.50. The molecule has 1 aliphatic heterocycles. The fourth-order valence-corrected chi connectivity index (χ4v) is 3.35. The van der Waals surface area contributed by atoms with Gasteiger partial charge in [0, 0.05) is 13.0 Å². The smallest absolute Gasteiger partial charge is 0.226 e. The highest BCUT2D eigenvalue weighted by Crippen LogP contribution is 2.31. The first-order chi connectivity index (χ1) is 11.7. The number of para-hydroxylation sites is 1. The Bertz CT molecular complexity index is 683. The molecular formula is C17H21N3O3S. The van der Waals surface area contributed by atoms with E-state index in [1.54, 1.807) is 0 Å². The van der Waals surface area contributed by atoms with E-state index >= 15 is 0 Å². The lowest BCUT2D eigenvalue weighted by molar-refractivity contribution is -0.116. The molecule has 2 aromatic rings. The van der Waals surface area contributed by atoms with Gasteiger partial charge in [-0.3, -0.25) is 4.79 Å². The molecule has 24 heavy (non-hydrogen) atoms. The van der Waals surface area contributed by atoms with Gasteiger partial charge in [0.2, 0.25) is 11.0 Å². The van der Waals surface area contributed by atoms with E-state index in [1.165, 1.54) is 11.3 Å². The van der Waals surface area contributed by atoms with Crippen molar-refractivity contribution in [3.8, 4) is 5.75 Å². The van der Waals surface area contributed by atoms with Crippen LogP contribution >= 0.6 is 11.3 Å². The van der Waals surface area contributed by atoms with Crippen LogP contribution in [0.25, 0.3) is 0 Å². The molecule has 1 saturated heterocycles. The van der Waals surface area contributed by atoms with Crippen LogP contribution in [-0.2, 0) is 9.53 Å². The Balaban J connectivity index is 1.39. The number of anilines is 1. The third kappa shape index (κ3) is 4.52. The van der Waals surface area contributed by atoms with Gasteiger partial charge in [0.05, 0.1) is 6.61 Å². The summed E-state index contributed by atoms with van der Waals surface area (Å²) in [5.41, 5.74) is 1.09. The van der Waals surface area contributed by atoms with Gasteiger partial charge in [-0.25, -0.2) is 0 Å². The first-order valence-corrected chi connectivity index (χ1v) is 8.97. The topological polar surface area (TPSA) is 73.3 Å². The maximum absolute atomic E-state index is 12.0. The third-order valence-corrected chi connectivity index (χ3v) is 4.72. The number of benzene rings is 1. The van der Waals surface area contributed by atoms with Gasteiger partial charge in [0.25, 0.3) is 0 Å². The van der Waals surface area contributed by atoms with Crippen molar-refractivity contribution in [2.24, 2.45) is 0 Å². The molecule has 1 unspecified atom stereocenters. The highest BCUT2D eigenvalue weighted by molar-refractivity contribution is 7.15. The number of rotatable bonds is 7. The summed E-state index contributed by atoms with van der Waals surface area (Å²) in [7, 11) is 0. The van der Waals surface area contributed by atoms with Crippen molar-refractivity contribution in [1.82, 2.24) is 10.2 Å². The average molecular weight is 347 g/mol. The number of nitrogens with one attached hydrogen (secondary N) is 1. The summed E-state index contributed by atoms with van der Waals surface area (Å²) < 4.78 is 11.3. The molecule has 1 atom stereocenters. The Hall–Kier alpha value is -1.99. The van der Waals surface area contributed by atoms with Gasteiger partial charge in [0.15, 0.2) is 0 Å². The monoisotopic (exact) mass is 347 g/mol. The van der Waals surface area contributed by atoms with Gasteiger partial charge >= 0.3 is 0 Å². The summed E-state index contributed by atoms with van der Waals surface area (Å²) in [4.78, 5) is 12.0. The van der Waals surface area contributed by atoms with Crippen LogP contribution in [0.2, 0.25) is 0 Å². The van der Waals surface area contributed by atoms with E-state index in [9.17, 15) is 4.79 Å². The summed E-state index contributed by atoms with van der Waals surface area (Å²) in [5.74, 6) is 0.793. The standard InChI is InChI=1S/C17H21N3O3S/c1-12-6-2-3-7-13(12)22-11-5-9-15(21)18-17-20-19-16(24-17)14-8-4-10-23-14/h2-3,6-7,14H,4-5,8-11H2,1H3,(H,18,20,21). The van der Waals surface area contributed by atoms with Crippen LogP contribution in [0, 0.1) is 6.92 Å². The minimum Gasteiger partial charge on any atom is -0.493 e. The molecule has 6 nitrogen and oxygen atoms in total. The second-order valence-corrected chi connectivity index (χ2v) is 6.72. The molecule has 1 N–H and O–H groups in total. The Labute approximate surface area is 145 Å². The quantitative estimate of drug-likeness (QED) is 0.776. The number of aryl methyl sites for hydroxylation is 1. The maximum Gasteiger partial charge on any atom is 0.226 e. The number of carbonyl (C=O) groups is 1. The highest BCUT2D eigenvalue weighted by Gasteiger charge is 2.22.